The normalized spacial score (nSPS) is 10.3. The van der Waals surface area contributed by atoms with Gasteiger partial charge in [0.15, 0.2) is 5.11 Å². The summed E-state index contributed by atoms with van der Waals surface area (Å²) in [6, 6.07) is 1.59. The summed E-state index contributed by atoms with van der Waals surface area (Å²) in [5.74, 6) is 0. The molecule has 0 aliphatic rings. The number of hydrogen-bond donors (Lipinski definition) is 4. The van der Waals surface area contributed by atoms with Crippen molar-refractivity contribution in [3.8, 4) is 0 Å². The molecule has 0 aliphatic carbocycles. The summed E-state index contributed by atoms with van der Waals surface area (Å²) in [7, 11) is 0. The van der Waals surface area contributed by atoms with Crippen LogP contribution < -0.4 is 22.6 Å². The van der Waals surface area contributed by atoms with Gasteiger partial charge in [-0.25, -0.2) is 0 Å². The Balaban J connectivity index is 2.76. The van der Waals surface area contributed by atoms with Gasteiger partial charge in [-0.05, 0) is 18.3 Å². The maximum atomic E-state index is 5.61. The highest BCUT2D eigenvalue weighted by molar-refractivity contribution is 7.80. The molecule has 1 aromatic rings. The number of thiocarbonyl (C=S) groups is 1. The van der Waals surface area contributed by atoms with Crippen molar-refractivity contribution in [2.45, 2.75) is 0 Å². The second kappa shape index (κ2) is 4.38. The van der Waals surface area contributed by atoms with Gasteiger partial charge in [-0.3, -0.25) is 10.4 Å². The SMILES string of the molecule is NC(=S)N/N=C/c1ncc(N)cc1N. The van der Waals surface area contributed by atoms with Gasteiger partial charge in [-0.2, -0.15) is 5.10 Å². The molecule has 1 rings (SSSR count). The molecule has 7 heteroatoms. The molecule has 0 aromatic carbocycles. The molecule has 1 heterocycles. The van der Waals surface area contributed by atoms with E-state index in [4.69, 9.17) is 17.2 Å². The Hall–Kier alpha value is -1.89. The first-order chi connectivity index (χ1) is 6.59. The van der Waals surface area contributed by atoms with Gasteiger partial charge in [0.25, 0.3) is 0 Å². The fourth-order valence-corrected chi connectivity index (χ4v) is 0.827. The van der Waals surface area contributed by atoms with Gasteiger partial charge in [0.2, 0.25) is 0 Å². The molecule has 0 saturated carbocycles. The van der Waals surface area contributed by atoms with Crippen LogP contribution >= 0.6 is 12.2 Å². The minimum absolute atomic E-state index is 0.0790. The Morgan fingerprint density at radius 1 is 1.57 bits per heavy atom. The van der Waals surface area contributed by atoms with Crippen molar-refractivity contribution in [3.05, 3.63) is 18.0 Å². The number of rotatable bonds is 2. The molecular formula is C7H10N6S. The van der Waals surface area contributed by atoms with E-state index in [0.29, 0.717) is 17.1 Å². The highest BCUT2D eigenvalue weighted by Crippen LogP contribution is 2.09. The van der Waals surface area contributed by atoms with E-state index in [9.17, 15) is 0 Å². The Morgan fingerprint density at radius 3 is 2.86 bits per heavy atom. The molecule has 0 bridgehead atoms. The summed E-state index contributed by atoms with van der Waals surface area (Å²) >= 11 is 4.55. The molecule has 0 aliphatic heterocycles. The number of aromatic nitrogens is 1. The molecule has 14 heavy (non-hydrogen) atoms. The van der Waals surface area contributed by atoms with E-state index in [1.165, 1.54) is 12.4 Å². The summed E-state index contributed by atoms with van der Waals surface area (Å²) in [5.41, 5.74) is 20.1. The van der Waals surface area contributed by atoms with Gasteiger partial charge in [0, 0.05) is 0 Å². The quantitative estimate of drug-likeness (QED) is 0.295. The van der Waals surface area contributed by atoms with Crippen LogP contribution in [0.3, 0.4) is 0 Å². The van der Waals surface area contributed by atoms with Crippen LogP contribution in [0.4, 0.5) is 11.4 Å². The third-order valence-electron chi connectivity index (χ3n) is 1.33. The lowest BCUT2D eigenvalue weighted by Crippen LogP contribution is -2.24. The van der Waals surface area contributed by atoms with Crippen LogP contribution in [0.5, 0.6) is 0 Å². The molecule has 1 aromatic heterocycles. The van der Waals surface area contributed by atoms with E-state index in [1.54, 1.807) is 6.07 Å². The molecule has 0 radical (unpaired) electrons. The lowest BCUT2D eigenvalue weighted by Gasteiger charge is -1.99. The number of nitrogens with two attached hydrogens (primary N) is 3. The first kappa shape index (κ1) is 10.2. The first-order valence-corrected chi connectivity index (χ1v) is 4.10. The van der Waals surface area contributed by atoms with E-state index >= 15 is 0 Å². The summed E-state index contributed by atoms with van der Waals surface area (Å²) in [6.45, 7) is 0. The minimum Gasteiger partial charge on any atom is -0.397 e. The van der Waals surface area contributed by atoms with Crippen LogP contribution in [0, 0.1) is 0 Å². The third kappa shape index (κ3) is 2.87. The lowest BCUT2D eigenvalue weighted by molar-refractivity contribution is 1.04. The van der Waals surface area contributed by atoms with Crippen LogP contribution in [-0.4, -0.2) is 16.3 Å². The fourth-order valence-electron chi connectivity index (χ4n) is 0.774. The van der Waals surface area contributed by atoms with E-state index in [1.807, 2.05) is 0 Å². The van der Waals surface area contributed by atoms with Gasteiger partial charge in [-0.15, -0.1) is 0 Å². The zero-order valence-corrected chi connectivity index (χ0v) is 8.08. The first-order valence-electron chi connectivity index (χ1n) is 3.69. The smallest absolute Gasteiger partial charge is 0.184 e. The van der Waals surface area contributed by atoms with Crippen molar-refractivity contribution in [1.82, 2.24) is 10.4 Å². The van der Waals surface area contributed by atoms with Gasteiger partial charge >= 0.3 is 0 Å². The van der Waals surface area contributed by atoms with Crippen LogP contribution in [0.25, 0.3) is 0 Å². The number of anilines is 2. The second-order valence-electron chi connectivity index (χ2n) is 2.48. The topological polar surface area (TPSA) is 115 Å². The molecule has 0 fully saturated rings. The summed E-state index contributed by atoms with van der Waals surface area (Å²) < 4.78 is 0. The van der Waals surface area contributed by atoms with Crippen molar-refractivity contribution >= 4 is 34.9 Å². The van der Waals surface area contributed by atoms with Crippen molar-refractivity contribution < 1.29 is 0 Å². The Labute approximate surface area is 86.2 Å². The molecule has 0 spiro atoms. The molecule has 6 nitrogen and oxygen atoms in total. The minimum atomic E-state index is 0.0790. The van der Waals surface area contributed by atoms with Crippen LogP contribution in [-0.2, 0) is 0 Å². The average Bonchev–Trinajstić information content (AvgIpc) is 2.08. The molecule has 0 unspecified atom stereocenters. The Morgan fingerprint density at radius 2 is 2.29 bits per heavy atom. The van der Waals surface area contributed by atoms with Crippen molar-refractivity contribution in [1.29, 1.82) is 0 Å². The van der Waals surface area contributed by atoms with Gasteiger partial charge in [0.05, 0.1) is 23.8 Å². The average molecular weight is 210 g/mol. The monoisotopic (exact) mass is 210 g/mol. The maximum Gasteiger partial charge on any atom is 0.184 e. The highest BCUT2D eigenvalue weighted by Gasteiger charge is 1.97. The highest BCUT2D eigenvalue weighted by atomic mass is 32.1. The zero-order valence-electron chi connectivity index (χ0n) is 7.27. The third-order valence-corrected chi connectivity index (χ3v) is 1.42. The molecular weight excluding hydrogens is 200 g/mol. The number of nitrogen functional groups attached to an aromatic ring is 2. The summed E-state index contributed by atoms with van der Waals surface area (Å²) in [6.07, 6.45) is 2.90. The van der Waals surface area contributed by atoms with Gasteiger partial charge in [0.1, 0.15) is 5.69 Å². The predicted octanol–water partition coefficient (Wildman–Crippen LogP) is -0.587. The van der Waals surface area contributed by atoms with Crippen molar-refractivity contribution in [2.24, 2.45) is 10.8 Å². The molecule has 7 N–H and O–H groups in total. The number of hydrogen-bond acceptors (Lipinski definition) is 5. The second-order valence-corrected chi connectivity index (χ2v) is 2.92. The van der Waals surface area contributed by atoms with Crippen molar-refractivity contribution in [3.63, 3.8) is 0 Å². The van der Waals surface area contributed by atoms with Crippen LogP contribution in [0.1, 0.15) is 5.69 Å². The van der Waals surface area contributed by atoms with Crippen LogP contribution in [0.2, 0.25) is 0 Å². The fraction of sp³-hybridized carbons (Fsp3) is 0. The van der Waals surface area contributed by atoms with Crippen LogP contribution in [0.15, 0.2) is 17.4 Å². The van der Waals surface area contributed by atoms with E-state index in [2.05, 4.69) is 27.7 Å². The molecule has 0 atom stereocenters. The van der Waals surface area contributed by atoms with E-state index < -0.39 is 0 Å². The van der Waals surface area contributed by atoms with Crippen molar-refractivity contribution in [2.75, 3.05) is 11.5 Å². The number of hydrazone groups is 1. The summed E-state index contributed by atoms with van der Waals surface area (Å²) in [5, 5.41) is 3.79. The molecule has 0 saturated heterocycles. The molecule has 0 amide bonds. The standard InChI is InChI=1S/C7H10N6S/c8-4-1-5(9)6(11-2-4)3-12-13-7(10)14/h1-3H,8-9H2,(H3,10,13,14)/b12-3+. The number of nitrogens with zero attached hydrogens (tertiary/aromatic N) is 2. The predicted molar refractivity (Wildman–Crippen MR) is 60.6 cm³/mol. The number of pyridine rings is 1. The van der Waals surface area contributed by atoms with Gasteiger partial charge in [-0.1, -0.05) is 0 Å². The van der Waals surface area contributed by atoms with E-state index in [-0.39, 0.29) is 5.11 Å². The summed E-state index contributed by atoms with van der Waals surface area (Å²) in [4.78, 5) is 3.95. The number of nitrogens with one attached hydrogen (secondary N) is 1. The van der Waals surface area contributed by atoms with E-state index in [0.717, 1.165) is 0 Å². The Kier molecular flexibility index (Phi) is 3.19. The van der Waals surface area contributed by atoms with Gasteiger partial charge < -0.3 is 17.2 Å². The Bertz CT molecular complexity index is 374. The zero-order chi connectivity index (χ0) is 10.6. The lowest BCUT2D eigenvalue weighted by atomic mass is 10.3. The maximum absolute atomic E-state index is 5.61. The largest absolute Gasteiger partial charge is 0.397 e. The molecule has 74 valence electrons.